The van der Waals surface area contributed by atoms with Gasteiger partial charge >= 0.3 is 0 Å². The summed E-state index contributed by atoms with van der Waals surface area (Å²) in [6, 6.07) is 5.58. The van der Waals surface area contributed by atoms with Gasteiger partial charge in [-0.3, -0.25) is 4.79 Å². The van der Waals surface area contributed by atoms with Crippen LogP contribution in [0.15, 0.2) is 24.3 Å². The van der Waals surface area contributed by atoms with Crippen LogP contribution in [0.3, 0.4) is 0 Å². The van der Waals surface area contributed by atoms with Crippen LogP contribution in [0, 0.1) is 11.7 Å². The van der Waals surface area contributed by atoms with Crippen molar-refractivity contribution in [2.75, 3.05) is 13.2 Å². The maximum atomic E-state index is 12.7. The van der Waals surface area contributed by atoms with Gasteiger partial charge in [0.15, 0.2) is 0 Å². The van der Waals surface area contributed by atoms with E-state index in [9.17, 15) is 14.3 Å². The van der Waals surface area contributed by atoms with Crippen LogP contribution in [-0.2, 0) is 4.79 Å². The Morgan fingerprint density at radius 3 is 2.70 bits per heavy atom. The van der Waals surface area contributed by atoms with Gasteiger partial charge in [0.2, 0.25) is 5.91 Å². The van der Waals surface area contributed by atoms with E-state index in [1.807, 2.05) is 0 Å². The average molecular weight is 281 g/mol. The zero-order chi connectivity index (χ0) is 14.4. The van der Waals surface area contributed by atoms with Crippen LogP contribution in [0.4, 0.5) is 4.39 Å². The molecule has 0 spiro atoms. The zero-order valence-electron chi connectivity index (χ0n) is 11.3. The fraction of sp³-hybridized carbons (Fsp3) is 0.533. The molecule has 2 rings (SSSR count). The minimum Gasteiger partial charge on any atom is -0.491 e. The van der Waals surface area contributed by atoms with Crippen LogP contribution in [-0.4, -0.2) is 30.3 Å². The summed E-state index contributed by atoms with van der Waals surface area (Å²) in [5.74, 6) is 0.658. The molecule has 0 saturated heterocycles. The normalized spacial score (nSPS) is 16.3. The number of carbonyl (C=O) groups is 1. The lowest BCUT2D eigenvalue weighted by Crippen LogP contribution is -2.36. The SMILES string of the molecule is O=C(CC1CCC1)NCC(O)COc1ccc(F)cc1. The Kier molecular flexibility index (Phi) is 5.35. The number of hydrogen-bond acceptors (Lipinski definition) is 3. The number of aliphatic hydroxyl groups is 1. The Bertz CT molecular complexity index is 431. The second-order valence-corrected chi connectivity index (χ2v) is 5.22. The highest BCUT2D eigenvalue weighted by molar-refractivity contribution is 5.76. The Morgan fingerprint density at radius 1 is 1.40 bits per heavy atom. The summed E-state index contributed by atoms with van der Waals surface area (Å²) < 4.78 is 18.0. The molecule has 1 atom stereocenters. The lowest BCUT2D eigenvalue weighted by atomic mass is 9.83. The van der Waals surface area contributed by atoms with E-state index in [2.05, 4.69) is 5.32 Å². The molecule has 5 heteroatoms. The first-order valence-electron chi connectivity index (χ1n) is 6.96. The van der Waals surface area contributed by atoms with Gasteiger partial charge in [-0.05, 0) is 43.0 Å². The Morgan fingerprint density at radius 2 is 2.10 bits per heavy atom. The van der Waals surface area contributed by atoms with Crippen molar-refractivity contribution in [1.29, 1.82) is 0 Å². The van der Waals surface area contributed by atoms with E-state index in [1.165, 1.54) is 30.7 Å². The minimum atomic E-state index is -0.773. The van der Waals surface area contributed by atoms with Crippen LogP contribution in [0.25, 0.3) is 0 Å². The highest BCUT2D eigenvalue weighted by atomic mass is 19.1. The molecule has 1 aromatic rings. The molecule has 1 aromatic carbocycles. The molecular weight excluding hydrogens is 261 g/mol. The number of hydrogen-bond donors (Lipinski definition) is 2. The summed E-state index contributed by atoms with van der Waals surface area (Å²) in [4.78, 5) is 11.6. The first kappa shape index (κ1) is 14.8. The van der Waals surface area contributed by atoms with Crippen LogP contribution in [0.2, 0.25) is 0 Å². The van der Waals surface area contributed by atoms with E-state index in [-0.39, 0.29) is 24.9 Å². The quantitative estimate of drug-likeness (QED) is 0.802. The fourth-order valence-electron chi connectivity index (χ4n) is 2.05. The molecule has 1 aliphatic rings. The second kappa shape index (κ2) is 7.24. The molecule has 0 radical (unpaired) electrons. The standard InChI is InChI=1S/C15H20FNO3/c16-12-4-6-14(7-5-12)20-10-13(18)9-17-15(19)8-11-2-1-3-11/h4-7,11,13,18H,1-3,8-10H2,(H,17,19). The maximum Gasteiger partial charge on any atom is 0.220 e. The van der Waals surface area contributed by atoms with Gasteiger partial charge in [0, 0.05) is 13.0 Å². The maximum absolute atomic E-state index is 12.7. The number of nitrogens with one attached hydrogen (secondary N) is 1. The van der Waals surface area contributed by atoms with Crippen molar-refractivity contribution >= 4 is 5.91 Å². The van der Waals surface area contributed by atoms with Crippen LogP contribution >= 0.6 is 0 Å². The molecule has 1 amide bonds. The van der Waals surface area contributed by atoms with Crippen molar-refractivity contribution in [1.82, 2.24) is 5.32 Å². The molecule has 1 unspecified atom stereocenters. The van der Waals surface area contributed by atoms with Crippen LogP contribution in [0.1, 0.15) is 25.7 Å². The molecule has 2 N–H and O–H groups in total. The molecule has 0 heterocycles. The summed E-state index contributed by atoms with van der Waals surface area (Å²) >= 11 is 0. The number of amides is 1. The van der Waals surface area contributed by atoms with Crippen molar-refractivity contribution in [2.45, 2.75) is 31.8 Å². The first-order valence-corrected chi connectivity index (χ1v) is 6.96. The van der Waals surface area contributed by atoms with Crippen molar-refractivity contribution in [3.63, 3.8) is 0 Å². The number of carbonyl (C=O) groups excluding carboxylic acids is 1. The summed E-state index contributed by atoms with van der Waals surface area (Å²) in [5, 5.41) is 12.4. The summed E-state index contributed by atoms with van der Waals surface area (Å²) in [5.41, 5.74) is 0. The van der Waals surface area contributed by atoms with E-state index in [0.717, 1.165) is 12.8 Å². The molecular formula is C15H20FNO3. The van der Waals surface area contributed by atoms with E-state index >= 15 is 0 Å². The Hall–Kier alpha value is -1.62. The number of rotatable bonds is 7. The lowest BCUT2D eigenvalue weighted by Gasteiger charge is -2.24. The molecule has 1 saturated carbocycles. The predicted molar refractivity (Wildman–Crippen MR) is 72.9 cm³/mol. The van der Waals surface area contributed by atoms with E-state index in [0.29, 0.717) is 18.1 Å². The second-order valence-electron chi connectivity index (χ2n) is 5.22. The van der Waals surface area contributed by atoms with Crippen molar-refractivity contribution in [2.24, 2.45) is 5.92 Å². The van der Waals surface area contributed by atoms with Crippen molar-refractivity contribution in [3.05, 3.63) is 30.1 Å². The largest absolute Gasteiger partial charge is 0.491 e. The number of benzene rings is 1. The highest BCUT2D eigenvalue weighted by Gasteiger charge is 2.20. The van der Waals surface area contributed by atoms with E-state index in [4.69, 9.17) is 4.74 Å². The van der Waals surface area contributed by atoms with Crippen molar-refractivity contribution in [3.8, 4) is 5.75 Å². The Balaban J connectivity index is 1.60. The fourth-order valence-corrected chi connectivity index (χ4v) is 2.05. The van der Waals surface area contributed by atoms with Crippen LogP contribution in [0.5, 0.6) is 5.75 Å². The predicted octanol–water partition coefficient (Wildman–Crippen LogP) is 1.87. The average Bonchev–Trinajstić information content (AvgIpc) is 2.40. The minimum absolute atomic E-state index is 0.0180. The monoisotopic (exact) mass is 281 g/mol. The smallest absolute Gasteiger partial charge is 0.220 e. The molecule has 110 valence electrons. The molecule has 4 nitrogen and oxygen atoms in total. The van der Waals surface area contributed by atoms with E-state index in [1.54, 1.807) is 0 Å². The summed E-state index contributed by atoms with van der Waals surface area (Å²) in [7, 11) is 0. The van der Waals surface area contributed by atoms with Crippen molar-refractivity contribution < 1.29 is 19.0 Å². The highest BCUT2D eigenvalue weighted by Crippen LogP contribution is 2.28. The van der Waals surface area contributed by atoms with Gasteiger partial charge in [-0.2, -0.15) is 0 Å². The van der Waals surface area contributed by atoms with Gasteiger partial charge < -0.3 is 15.2 Å². The van der Waals surface area contributed by atoms with Crippen LogP contribution < -0.4 is 10.1 Å². The number of halogens is 1. The van der Waals surface area contributed by atoms with Gasteiger partial charge in [-0.1, -0.05) is 6.42 Å². The molecule has 0 bridgehead atoms. The lowest BCUT2D eigenvalue weighted by molar-refractivity contribution is -0.123. The summed E-state index contributed by atoms with van der Waals surface area (Å²) in [6.45, 7) is 0.238. The Labute approximate surface area is 117 Å². The topological polar surface area (TPSA) is 58.6 Å². The zero-order valence-corrected chi connectivity index (χ0v) is 11.3. The molecule has 20 heavy (non-hydrogen) atoms. The third-order valence-corrected chi connectivity index (χ3v) is 3.49. The third-order valence-electron chi connectivity index (χ3n) is 3.49. The van der Waals surface area contributed by atoms with Gasteiger partial charge in [0.25, 0.3) is 0 Å². The summed E-state index contributed by atoms with van der Waals surface area (Å²) in [6.07, 6.45) is 3.25. The van der Waals surface area contributed by atoms with Gasteiger partial charge in [0.05, 0.1) is 0 Å². The van der Waals surface area contributed by atoms with Gasteiger partial charge in [-0.25, -0.2) is 4.39 Å². The van der Waals surface area contributed by atoms with E-state index < -0.39 is 6.10 Å². The molecule has 1 aliphatic carbocycles. The molecule has 0 aromatic heterocycles. The number of aliphatic hydroxyl groups excluding tert-OH is 1. The van der Waals surface area contributed by atoms with Gasteiger partial charge in [0.1, 0.15) is 24.3 Å². The first-order chi connectivity index (χ1) is 9.63. The number of ether oxygens (including phenoxy) is 1. The van der Waals surface area contributed by atoms with Gasteiger partial charge in [-0.15, -0.1) is 0 Å². The molecule has 1 fully saturated rings. The molecule has 0 aliphatic heterocycles. The third kappa shape index (κ3) is 4.81.